The molecule has 0 aromatic carbocycles. The van der Waals surface area contributed by atoms with Gasteiger partial charge in [-0.1, -0.05) is 19.8 Å². The zero-order valence-corrected chi connectivity index (χ0v) is 11.9. The zero-order valence-electron chi connectivity index (χ0n) is 11.0. The van der Waals surface area contributed by atoms with Crippen molar-refractivity contribution in [2.45, 2.75) is 52.0 Å². The van der Waals surface area contributed by atoms with Crippen LogP contribution in [0.15, 0.2) is 0 Å². The summed E-state index contributed by atoms with van der Waals surface area (Å²) in [6.45, 7) is 5.87. The van der Waals surface area contributed by atoms with E-state index in [2.05, 4.69) is 17.0 Å². The maximum atomic E-state index is 11.7. The van der Waals surface area contributed by atoms with E-state index in [1.807, 2.05) is 6.92 Å². The van der Waals surface area contributed by atoms with E-state index < -0.39 is 10.0 Å². The Morgan fingerprint density at radius 1 is 1.29 bits per heavy atom. The lowest BCUT2D eigenvalue weighted by Crippen LogP contribution is -2.34. The Balaban J connectivity index is 2.11. The molecule has 0 amide bonds. The van der Waals surface area contributed by atoms with E-state index in [0.717, 1.165) is 38.3 Å². The largest absolute Gasteiger partial charge is 0.317 e. The molecule has 0 saturated heterocycles. The molecule has 102 valence electrons. The lowest BCUT2D eigenvalue weighted by atomic mass is 10.2. The molecule has 4 nitrogen and oxygen atoms in total. The van der Waals surface area contributed by atoms with Crippen LogP contribution in [-0.4, -0.2) is 33.3 Å². The Bertz CT molecular complexity index is 300. The maximum absolute atomic E-state index is 11.7. The van der Waals surface area contributed by atoms with Gasteiger partial charge in [0.15, 0.2) is 0 Å². The second kappa shape index (κ2) is 7.34. The topological polar surface area (TPSA) is 58.2 Å². The van der Waals surface area contributed by atoms with Gasteiger partial charge in [-0.15, -0.1) is 0 Å². The Labute approximate surface area is 106 Å². The first-order valence-electron chi connectivity index (χ1n) is 6.74. The third-order valence-corrected chi connectivity index (χ3v) is 4.62. The van der Waals surface area contributed by atoms with E-state index in [-0.39, 0.29) is 11.8 Å². The summed E-state index contributed by atoms with van der Waals surface area (Å²) in [7, 11) is -3.06. The molecule has 1 aliphatic carbocycles. The van der Waals surface area contributed by atoms with Gasteiger partial charge < -0.3 is 5.32 Å². The summed E-state index contributed by atoms with van der Waals surface area (Å²) in [6, 6.07) is 0.0984. The maximum Gasteiger partial charge on any atom is 0.211 e. The Morgan fingerprint density at radius 3 is 2.59 bits per heavy atom. The minimum absolute atomic E-state index is 0.0984. The van der Waals surface area contributed by atoms with Crippen LogP contribution in [-0.2, 0) is 10.0 Å². The molecule has 1 rings (SSSR count). The van der Waals surface area contributed by atoms with E-state index >= 15 is 0 Å². The molecule has 0 aromatic rings. The average molecular weight is 262 g/mol. The highest BCUT2D eigenvalue weighted by molar-refractivity contribution is 7.89. The first kappa shape index (κ1) is 14.9. The molecule has 1 aliphatic rings. The fraction of sp³-hybridized carbons (Fsp3) is 1.00. The van der Waals surface area contributed by atoms with Crippen molar-refractivity contribution in [2.75, 3.05) is 18.8 Å². The first-order valence-corrected chi connectivity index (χ1v) is 8.39. The molecule has 1 saturated carbocycles. The fourth-order valence-corrected chi connectivity index (χ4v) is 3.40. The lowest BCUT2D eigenvalue weighted by Gasteiger charge is -2.13. The van der Waals surface area contributed by atoms with Crippen LogP contribution in [0.25, 0.3) is 0 Å². The molecular weight excluding hydrogens is 236 g/mol. The van der Waals surface area contributed by atoms with Gasteiger partial charge in [-0.3, -0.25) is 0 Å². The van der Waals surface area contributed by atoms with Gasteiger partial charge in [0.25, 0.3) is 0 Å². The first-order chi connectivity index (χ1) is 8.03. The van der Waals surface area contributed by atoms with Crippen molar-refractivity contribution < 1.29 is 8.42 Å². The van der Waals surface area contributed by atoms with E-state index in [9.17, 15) is 8.42 Å². The highest BCUT2D eigenvalue weighted by Crippen LogP contribution is 2.33. The van der Waals surface area contributed by atoms with Crippen molar-refractivity contribution in [1.29, 1.82) is 0 Å². The number of hydrogen-bond acceptors (Lipinski definition) is 3. The summed E-state index contributed by atoms with van der Waals surface area (Å²) in [6.07, 6.45) is 5.20. The van der Waals surface area contributed by atoms with Crippen molar-refractivity contribution in [3.63, 3.8) is 0 Å². The minimum Gasteiger partial charge on any atom is -0.317 e. The van der Waals surface area contributed by atoms with Crippen molar-refractivity contribution >= 4 is 10.0 Å². The predicted molar refractivity (Wildman–Crippen MR) is 71.5 cm³/mol. The normalized spacial score (nSPS) is 18.2. The van der Waals surface area contributed by atoms with E-state index in [0.29, 0.717) is 0 Å². The van der Waals surface area contributed by atoms with E-state index in [1.54, 1.807) is 0 Å². The van der Waals surface area contributed by atoms with Crippen LogP contribution in [0.4, 0.5) is 0 Å². The van der Waals surface area contributed by atoms with Crippen molar-refractivity contribution in [3.8, 4) is 0 Å². The van der Waals surface area contributed by atoms with Crippen molar-refractivity contribution in [3.05, 3.63) is 0 Å². The number of rotatable bonds is 10. The number of sulfonamides is 1. The SMILES string of the molecule is CCNCCCCS(=O)(=O)NC(C)CC1CC1. The molecule has 1 unspecified atom stereocenters. The van der Waals surface area contributed by atoms with Gasteiger partial charge >= 0.3 is 0 Å². The van der Waals surface area contributed by atoms with E-state index in [1.165, 1.54) is 12.8 Å². The van der Waals surface area contributed by atoms with Gasteiger partial charge in [0.2, 0.25) is 10.0 Å². The van der Waals surface area contributed by atoms with Gasteiger partial charge in [-0.05, 0) is 45.2 Å². The predicted octanol–water partition coefficient (Wildman–Crippen LogP) is 1.48. The number of hydrogen-bond donors (Lipinski definition) is 2. The number of unbranched alkanes of at least 4 members (excludes halogenated alkanes) is 1. The lowest BCUT2D eigenvalue weighted by molar-refractivity contribution is 0.527. The summed E-state index contributed by atoms with van der Waals surface area (Å²) in [4.78, 5) is 0. The fourth-order valence-electron chi connectivity index (χ4n) is 1.99. The van der Waals surface area contributed by atoms with Gasteiger partial charge in [-0.25, -0.2) is 13.1 Å². The van der Waals surface area contributed by atoms with Crippen LogP contribution in [0, 0.1) is 5.92 Å². The molecule has 0 radical (unpaired) electrons. The second-order valence-electron chi connectivity index (χ2n) is 5.08. The summed E-state index contributed by atoms with van der Waals surface area (Å²) in [5, 5.41) is 3.19. The van der Waals surface area contributed by atoms with Crippen LogP contribution in [0.1, 0.15) is 46.0 Å². The standard InChI is InChI=1S/C12H26N2O2S/c1-3-13-8-4-5-9-17(15,16)14-11(2)10-12-6-7-12/h11-14H,3-10H2,1-2H3. The molecule has 17 heavy (non-hydrogen) atoms. The highest BCUT2D eigenvalue weighted by Gasteiger charge is 2.25. The average Bonchev–Trinajstić information content (AvgIpc) is 3.00. The highest BCUT2D eigenvalue weighted by atomic mass is 32.2. The quantitative estimate of drug-likeness (QED) is 0.586. The second-order valence-corrected chi connectivity index (χ2v) is 6.95. The van der Waals surface area contributed by atoms with Crippen LogP contribution < -0.4 is 10.0 Å². The van der Waals surface area contributed by atoms with E-state index in [4.69, 9.17) is 0 Å². The molecule has 0 aromatic heterocycles. The third-order valence-electron chi connectivity index (χ3n) is 3.03. The molecular formula is C12H26N2O2S. The summed E-state index contributed by atoms with van der Waals surface area (Å²) in [5.74, 6) is 1.02. The van der Waals surface area contributed by atoms with Crippen LogP contribution in [0.2, 0.25) is 0 Å². The van der Waals surface area contributed by atoms with Gasteiger partial charge in [0, 0.05) is 6.04 Å². The molecule has 0 spiro atoms. The van der Waals surface area contributed by atoms with Crippen LogP contribution in [0.3, 0.4) is 0 Å². The molecule has 1 fully saturated rings. The van der Waals surface area contributed by atoms with Gasteiger partial charge in [0.05, 0.1) is 5.75 Å². The van der Waals surface area contributed by atoms with Crippen molar-refractivity contribution in [1.82, 2.24) is 10.0 Å². The van der Waals surface area contributed by atoms with Crippen LogP contribution >= 0.6 is 0 Å². The van der Waals surface area contributed by atoms with Crippen molar-refractivity contribution in [2.24, 2.45) is 5.92 Å². The number of nitrogens with one attached hydrogen (secondary N) is 2. The molecule has 5 heteroatoms. The summed E-state index contributed by atoms with van der Waals surface area (Å²) in [5.41, 5.74) is 0. The molecule has 1 atom stereocenters. The van der Waals surface area contributed by atoms with Gasteiger partial charge in [0.1, 0.15) is 0 Å². The monoisotopic (exact) mass is 262 g/mol. The Kier molecular flexibility index (Phi) is 6.44. The molecule has 0 bridgehead atoms. The molecule has 2 N–H and O–H groups in total. The molecule has 0 aliphatic heterocycles. The molecule has 0 heterocycles. The summed E-state index contributed by atoms with van der Waals surface area (Å²) < 4.78 is 26.3. The van der Waals surface area contributed by atoms with Crippen LogP contribution in [0.5, 0.6) is 0 Å². The Morgan fingerprint density at radius 2 is 2.00 bits per heavy atom. The Hall–Kier alpha value is -0.130. The zero-order chi connectivity index (χ0) is 12.7. The third kappa shape index (κ3) is 7.73. The van der Waals surface area contributed by atoms with Gasteiger partial charge in [-0.2, -0.15) is 0 Å². The smallest absolute Gasteiger partial charge is 0.211 e. The summed E-state index contributed by atoms with van der Waals surface area (Å²) >= 11 is 0. The minimum atomic E-state index is -3.06.